The average molecular weight is 402 g/mol. The molecule has 1 aliphatic carbocycles. The molecule has 122 valence electrons. The number of benzene rings is 1. The molecule has 1 amide bonds. The molecule has 0 unspecified atom stereocenters. The van der Waals surface area contributed by atoms with E-state index >= 15 is 0 Å². The lowest BCUT2D eigenvalue weighted by Gasteiger charge is -2.12. The molecule has 23 heavy (non-hydrogen) atoms. The van der Waals surface area contributed by atoms with E-state index in [1.165, 1.54) is 17.4 Å². The first-order valence-corrected chi connectivity index (χ1v) is 8.80. The average Bonchev–Trinajstić information content (AvgIpc) is 3.23. The highest BCUT2D eigenvalue weighted by Gasteiger charge is 2.28. The lowest BCUT2D eigenvalue weighted by atomic mass is 10.1. The van der Waals surface area contributed by atoms with E-state index in [4.69, 9.17) is 0 Å². The molecule has 3 nitrogen and oxygen atoms in total. The van der Waals surface area contributed by atoms with Crippen LogP contribution < -0.4 is 10.1 Å². The minimum atomic E-state index is -2.90. The maximum absolute atomic E-state index is 12.5. The molecule has 3 rings (SSSR count). The molecule has 0 atom stereocenters. The minimum Gasteiger partial charge on any atom is -0.434 e. The number of halogens is 3. The molecule has 0 aliphatic heterocycles. The summed E-state index contributed by atoms with van der Waals surface area (Å²) in [4.78, 5) is 13.1. The Kier molecular flexibility index (Phi) is 4.96. The molecular formula is C16H14BrF2NO2S. The van der Waals surface area contributed by atoms with E-state index in [1.54, 1.807) is 12.1 Å². The number of carbonyl (C=O) groups is 1. The number of hydrogen-bond acceptors (Lipinski definition) is 3. The fourth-order valence-corrected chi connectivity index (χ4v) is 3.68. The van der Waals surface area contributed by atoms with Gasteiger partial charge in [-0.1, -0.05) is 15.9 Å². The van der Waals surface area contributed by atoms with Crippen molar-refractivity contribution in [1.29, 1.82) is 0 Å². The fraction of sp³-hybridized carbons (Fsp3) is 0.312. The largest absolute Gasteiger partial charge is 0.434 e. The quantitative estimate of drug-likeness (QED) is 0.745. The number of alkyl halides is 2. The van der Waals surface area contributed by atoms with Crippen molar-refractivity contribution in [1.82, 2.24) is 5.32 Å². The summed E-state index contributed by atoms with van der Waals surface area (Å²) in [5.74, 6) is 0.382. The lowest BCUT2D eigenvalue weighted by Crippen LogP contribution is -2.23. The molecule has 1 aromatic carbocycles. The van der Waals surface area contributed by atoms with E-state index in [2.05, 4.69) is 26.0 Å². The van der Waals surface area contributed by atoms with Crippen molar-refractivity contribution in [2.24, 2.45) is 0 Å². The first-order chi connectivity index (χ1) is 11.0. The van der Waals surface area contributed by atoms with Crippen molar-refractivity contribution >= 4 is 33.2 Å². The zero-order chi connectivity index (χ0) is 16.4. The van der Waals surface area contributed by atoms with Gasteiger partial charge in [0.2, 0.25) is 0 Å². The van der Waals surface area contributed by atoms with Crippen molar-refractivity contribution in [3.8, 4) is 5.75 Å². The van der Waals surface area contributed by atoms with Crippen LogP contribution in [0, 0.1) is 0 Å². The van der Waals surface area contributed by atoms with Gasteiger partial charge < -0.3 is 10.1 Å². The van der Waals surface area contributed by atoms with Crippen LogP contribution in [0.5, 0.6) is 5.75 Å². The summed E-state index contributed by atoms with van der Waals surface area (Å²) in [5.41, 5.74) is 1.59. The van der Waals surface area contributed by atoms with Crippen LogP contribution in [0.15, 0.2) is 34.1 Å². The van der Waals surface area contributed by atoms with Crippen molar-refractivity contribution < 1.29 is 18.3 Å². The highest BCUT2D eigenvalue weighted by Crippen LogP contribution is 2.43. The molecule has 0 bridgehead atoms. The molecule has 7 heteroatoms. The van der Waals surface area contributed by atoms with Crippen molar-refractivity contribution in [2.75, 3.05) is 0 Å². The first kappa shape index (κ1) is 16.4. The Morgan fingerprint density at radius 1 is 1.39 bits per heavy atom. The summed E-state index contributed by atoms with van der Waals surface area (Å²) < 4.78 is 30.1. The van der Waals surface area contributed by atoms with Crippen LogP contribution in [-0.2, 0) is 6.54 Å². The topological polar surface area (TPSA) is 38.3 Å². The molecule has 0 radical (unpaired) electrons. The van der Waals surface area contributed by atoms with Crippen LogP contribution in [0.4, 0.5) is 8.78 Å². The maximum Gasteiger partial charge on any atom is 0.387 e. The van der Waals surface area contributed by atoms with E-state index in [0.717, 1.165) is 22.9 Å². The predicted molar refractivity (Wildman–Crippen MR) is 88.2 cm³/mol. The summed E-state index contributed by atoms with van der Waals surface area (Å²) in [7, 11) is 0. The third-order valence-electron chi connectivity index (χ3n) is 3.60. The van der Waals surface area contributed by atoms with Gasteiger partial charge in [0.15, 0.2) is 0 Å². The number of ether oxygens (including phenoxy) is 1. The Morgan fingerprint density at radius 3 is 2.87 bits per heavy atom. The molecule has 0 spiro atoms. The normalized spacial score (nSPS) is 14.1. The van der Waals surface area contributed by atoms with Gasteiger partial charge in [-0.05, 0) is 54.0 Å². The second kappa shape index (κ2) is 6.97. The number of rotatable bonds is 6. The van der Waals surface area contributed by atoms with Gasteiger partial charge in [-0.15, -0.1) is 11.3 Å². The van der Waals surface area contributed by atoms with E-state index < -0.39 is 6.61 Å². The van der Waals surface area contributed by atoms with Crippen LogP contribution in [0.1, 0.15) is 39.6 Å². The van der Waals surface area contributed by atoms with Gasteiger partial charge in [0.05, 0.1) is 4.88 Å². The molecule has 1 saturated carbocycles. The van der Waals surface area contributed by atoms with Crippen LogP contribution >= 0.6 is 27.3 Å². The monoisotopic (exact) mass is 401 g/mol. The Bertz CT molecular complexity index is 716. The van der Waals surface area contributed by atoms with Gasteiger partial charge in [0.25, 0.3) is 5.91 Å². The Morgan fingerprint density at radius 2 is 2.17 bits per heavy atom. The summed E-state index contributed by atoms with van der Waals surface area (Å²) in [6.07, 6.45) is 2.24. The van der Waals surface area contributed by atoms with Crippen LogP contribution in [0.3, 0.4) is 0 Å². The third kappa shape index (κ3) is 4.09. The maximum atomic E-state index is 12.5. The molecule has 1 fully saturated rings. The van der Waals surface area contributed by atoms with Gasteiger partial charge >= 0.3 is 6.61 Å². The van der Waals surface area contributed by atoms with Gasteiger partial charge in [0.1, 0.15) is 5.75 Å². The van der Waals surface area contributed by atoms with Crippen molar-refractivity contribution in [3.63, 3.8) is 0 Å². The second-order valence-corrected chi connectivity index (χ2v) is 7.12. The summed E-state index contributed by atoms with van der Waals surface area (Å²) >= 11 is 4.70. The van der Waals surface area contributed by atoms with Gasteiger partial charge in [0, 0.05) is 16.6 Å². The van der Waals surface area contributed by atoms with Gasteiger partial charge in [-0.3, -0.25) is 4.79 Å². The zero-order valence-corrected chi connectivity index (χ0v) is 14.4. The van der Waals surface area contributed by atoms with Crippen LogP contribution in [0.2, 0.25) is 0 Å². The Labute approximate surface area is 144 Å². The molecule has 2 aromatic rings. The highest BCUT2D eigenvalue weighted by molar-refractivity contribution is 9.10. The standard InChI is InChI=1S/C16H14BrF2NO2S/c17-11-3-4-13(22-16(18)19)10(7-11)8-20-15(21)14-12(5-6-23-14)9-1-2-9/h3-7,9,16H,1-2,8H2,(H,20,21). The minimum absolute atomic E-state index is 0.0668. The number of nitrogens with one attached hydrogen (secondary N) is 1. The zero-order valence-electron chi connectivity index (χ0n) is 12.0. The molecule has 0 saturated heterocycles. The summed E-state index contributed by atoms with van der Waals surface area (Å²) in [5, 5.41) is 4.70. The molecular weight excluding hydrogens is 388 g/mol. The smallest absolute Gasteiger partial charge is 0.387 e. The molecule has 1 aliphatic rings. The van der Waals surface area contributed by atoms with Crippen molar-refractivity contribution in [3.05, 3.63) is 50.1 Å². The number of amides is 1. The van der Waals surface area contributed by atoms with Gasteiger partial charge in [-0.2, -0.15) is 8.78 Å². The number of thiophene rings is 1. The lowest BCUT2D eigenvalue weighted by molar-refractivity contribution is -0.0504. The second-order valence-electron chi connectivity index (χ2n) is 5.29. The molecule has 1 N–H and O–H groups in total. The summed E-state index contributed by atoms with van der Waals surface area (Å²) in [6, 6.07) is 6.72. The fourth-order valence-electron chi connectivity index (χ4n) is 2.37. The predicted octanol–water partition coefficient (Wildman–Crippen LogP) is 4.92. The van der Waals surface area contributed by atoms with Crippen LogP contribution in [-0.4, -0.2) is 12.5 Å². The summed E-state index contributed by atoms with van der Waals surface area (Å²) in [6.45, 7) is -2.77. The number of hydrogen-bond donors (Lipinski definition) is 1. The van der Waals surface area contributed by atoms with E-state index in [-0.39, 0.29) is 18.2 Å². The van der Waals surface area contributed by atoms with E-state index in [9.17, 15) is 13.6 Å². The highest BCUT2D eigenvalue weighted by atomic mass is 79.9. The van der Waals surface area contributed by atoms with Gasteiger partial charge in [-0.25, -0.2) is 0 Å². The third-order valence-corrected chi connectivity index (χ3v) is 5.02. The Balaban J connectivity index is 1.71. The SMILES string of the molecule is O=C(NCc1cc(Br)ccc1OC(F)F)c1sccc1C1CC1. The molecule has 1 aromatic heterocycles. The Hall–Kier alpha value is -1.47. The van der Waals surface area contributed by atoms with E-state index in [1.807, 2.05) is 11.4 Å². The number of carbonyl (C=O) groups excluding carboxylic acids is 1. The van der Waals surface area contributed by atoms with E-state index in [0.29, 0.717) is 16.4 Å². The van der Waals surface area contributed by atoms with Crippen molar-refractivity contribution in [2.45, 2.75) is 31.9 Å². The van der Waals surface area contributed by atoms with Crippen LogP contribution in [0.25, 0.3) is 0 Å². The first-order valence-electron chi connectivity index (χ1n) is 7.13. The molecule has 1 heterocycles.